The molecule has 6 heteroatoms. The lowest BCUT2D eigenvalue weighted by atomic mass is 9.90. The number of nitrogens with one attached hydrogen (secondary N) is 3. The molecular weight excluding hydrogens is 370 g/mol. The highest BCUT2D eigenvalue weighted by atomic mass is 32.1. The summed E-state index contributed by atoms with van der Waals surface area (Å²) in [5.74, 6) is 1.52. The predicted molar refractivity (Wildman–Crippen MR) is 116 cm³/mol. The second-order valence-corrected chi connectivity index (χ2v) is 7.46. The van der Waals surface area contributed by atoms with Gasteiger partial charge >= 0.3 is 0 Å². The first-order valence-electron chi connectivity index (χ1n) is 9.52. The number of fused-ring (bicyclic) bond motifs is 1. The van der Waals surface area contributed by atoms with E-state index >= 15 is 0 Å². The molecule has 1 saturated carbocycles. The van der Waals surface area contributed by atoms with E-state index in [4.69, 9.17) is 21.7 Å². The molecule has 1 aliphatic rings. The van der Waals surface area contributed by atoms with Gasteiger partial charge in [-0.2, -0.15) is 0 Å². The van der Waals surface area contributed by atoms with E-state index in [0.29, 0.717) is 17.7 Å². The van der Waals surface area contributed by atoms with Crippen molar-refractivity contribution in [2.75, 3.05) is 20.8 Å². The van der Waals surface area contributed by atoms with Crippen LogP contribution in [-0.2, 0) is 0 Å². The van der Waals surface area contributed by atoms with Crippen LogP contribution in [0.25, 0.3) is 10.9 Å². The number of H-pyrrole nitrogens is 1. The van der Waals surface area contributed by atoms with Gasteiger partial charge in [-0.15, -0.1) is 0 Å². The number of aromatic nitrogens is 1. The number of ether oxygens (including phenoxy) is 2. The minimum atomic E-state index is 0.0418. The van der Waals surface area contributed by atoms with E-state index in [9.17, 15) is 0 Å². The SMILES string of the molecule is COc1cccc([C@H](CNC(=S)NC2CC2)c2c[nH]c3ccccc23)c1OC. The Morgan fingerprint density at radius 3 is 2.68 bits per heavy atom. The number of rotatable bonds is 7. The van der Waals surface area contributed by atoms with Crippen molar-refractivity contribution in [2.45, 2.75) is 24.8 Å². The highest BCUT2D eigenvalue weighted by Gasteiger charge is 2.25. The van der Waals surface area contributed by atoms with Crippen LogP contribution in [0, 0.1) is 0 Å². The van der Waals surface area contributed by atoms with Gasteiger partial charge in [0.05, 0.1) is 14.2 Å². The van der Waals surface area contributed by atoms with E-state index in [0.717, 1.165) is 22.6 Å². The molecule has 0 saturated heterocycles. The number of thiocarbonyl (C=S) groups is 1. The molecular formula is C22H25N3O2S. The van der Waals surface area contributed by atoms with Crippen molar-refractivity contribution in [2.24, 2.45) is 0 Å². The number of methoxy groups -OCH3 is 2. The fourth-order valence-corrected chi connectivity index (χ4v) is 3.86. The van der Waals surface area contributed by atoms with Crippen LogP contribution in [0.15, 0.2) is 48.7 Å². The van der Waals surface area contributed by atoms with Gasteiger partial charge in [0, 0.05) is 41.2 Å². The van der Waals surface area contributed by atoms with Gasteiger partial charge in [0.1, 0.15) is 0 Å². The third-order valence-electron chi connectivity index (χ3n) is 5.18. The van der Waals surface area contributed by atoms with Gasteiger partial charge in [0.2, 0.25) is 0 Å². The van der Waals surface area contributed by atoms with E-state index in [1.807, 2.05) is 18.2 Å². The molecule has 0 bridgehead atoms. The Balaban J connectivity index is 1.72. The Morgan fingerprint density at radius 1 is 1.11 bits per heavy atom. The summed E-state index contributed by atoms with van der Waals surface area (Å²) in [6.07, 6.45) is 4.46. The van der Waals surface area contributed by atoms with Crippen molar-refractivity contribution >= 4 is 28.2 Å². The van der Waals surface area contributed by atoms with Gasteiger partial charge in [-0.1, -0.05) is 30.3 Å². The molecule has 3 aromatic rings. The number of hydrogen-bond donors (Lipinski definition) is 3. The fraction of sp³-hybridized carbons (Fsp3) is 0.318. The van der Waals surface area contributed by atoms with Crippen molar-refractivity contribution in [3.8, 4) is 11.5 Å². The van der Waals surface area contributed by atoms with Gasteiger partial charge in [0.15, 0.2) is 16.6 Å². The molecule has 0 amide bonds. The zero-order chi connectivity index (χ0) is 19.5. The summed E-state index contributed by atoms with van der Waals surface area (Å²) in [5.41, 5.74) is 3.38. The Labute approximate surface area is 170 Å². The Morgan fingerprint density at radius 2 is 1.93 bits per heavy atom. The first kappa shape index (κ1) is 18.6. The zero-order valence-corrected chi connectivity index (χ0v) is 16.9. The summed E-state index contributed by atoms with van der Waals surface area (Å²) in [6, 6.07) is 14.9. The van der Waals surface area contributed by atoms with Crippen molar-refractivity contribution in [3.63, 3.8) is 0 Å². The average molecular weight is 396 g/mol. The van der Waals surface area contributed by atoms with E-state index in [2.05, 4.69) is 46.1 Å². The van der Waals surface area contributed by atoms with Crippen molar-refractivity contribution in [1.82, 2.24) is 15.6 Å². The highest BCUT2D eigenvalue weighted by molar-refractivity contribution is 7.80. The van der Waals surface area contributed by atoms with Gasteiger partial charge in [-0.3, -0.25) is 0 Å². The molecule has 146 valence electrons. The Hall–Kier alpha value is -2.73. The quantitative estimate of drug-likeness (QED) is 0.529. The third kappa shape index (κ3) is 3.78. The van der Waals surface area contributed by atoms with Gasteiger partial charge in [-0.25, -0.2) is 0 Å². The third-order valence-corrected chi connectivity index (χ3v) is 5.45. The molecule has 1 atom stereocenters. The molecule has 1 heterocycles. The minimum Gasteiger partial charge on any atom is -0.493 e. The summed E-state index contributed by atoms with van der Waals surface area (Å²) >= 11 is 5.49. The number of para-hydroxylation sites is 2. The molecule has 0 aliphatic heterocycles. The molecule has 0 unspecified atom stereocenters. The maximum atomic E-state index is 5.73. The number of benzene rings is 2. The van der Waals surface area contributed by atoms with E-state index in [-0.39, 0.29) is 5.92 Å². The first-order chi connectivity index (χ1) is 13.7. The summed E-state index contributed by atoms with van der Waals surface area (Å²) in [5, 5.41) is 8.65. The monoisotopic (exact) mass is 395 g/mol. The molecule has 1 fully saturated rings. The molecule has 1 aliphatic carbocycles. The maximum Gasteiger partial charge on any atom is 0.166 e. The average Bonchev–Trinajstić information content (AvgIpc) is 3.44. The van der Waals surface area contributed by atoms with Gasteiger partial charge in [0.25, 0.3) is 0 Å². The second-order valence-electron chi connectivity index (χ2n) is 7.05. The van der Waals surface area contributed by atoms with Crippen molar-refractivity contribution in [1.29, 1.82) is 0 Å². The topological polar surface area (TPSA) is 58.3 Å². The molecule has 4 rings (SSSR count). The molecule has 28 heavy (non-hydrogen) atoms. The summed E-state index contributed by atoms with van der Waals surface area (Å²) in [6.45, 7) is 0.657. The number of hydrogen-bond acceptors (Lipinski definition) is 3. The van der Waals surface area contributed by atoms with Crippen molar-refractivity contribution < 1.29 is 9.47 Å². The Bertz CT molecular complexity index is 981. The van der Waals surface area contributed by atoms with Crippen LogP contribution in [0.3, 0.4) is 0 Å². The first-order valence-corrected chi connectivity index (χ1v) is 9.93. The smallest absolute Gasteiger partial charge is 0.166 e. The van der Waals surface area contributed by atoms with Gasteiger partial charge < -0.3 is 25.1 Å². The lowest BCUT2D eigenvalue weighted by Gasteiger charge is -2.22. The summed E-state index contributed by atoms with van der Waals surface area (Å²) in [7, 11) is 3.34. The molecule has 5 nitrogen and oxygen atoms in total. The standard InChI is InChI=1S/C22H25N3O2S/c1-26-20-9-5-7-16(21(20)27-2)18(13-24-22(28)25-14-10-11-14)17-12-23-19-8-4-3-6-15(17)19/h3-9,12,14,18,23H,10-11,13H2,1-2H3,(H2,24,25,28)/t18-/m0/s1. The molecule has 0 spiro atoms. The van der Waals surface area contributed by atoms with Crippen LogP contribution in [0.1, 0.15) is 29.9 Å². The normalized spacial score (nSPS) is 14.5. The number of aromatic amines is 1. The van der Waals surface area contributed by atoms with Crippen LogP contribution >= 0.6 is 12.2 Å². The van der Waals surface area contributed by atoms with E-state index in [1.165, 1.54) is 23.8 Å². The molecule has 2 aromatic carbocycles. The molecule has 0 radical (unpaired) electrons. The van der Waals surface area contributed by atoms with E-state index < -0.39 is 0 Å². The lowest BCUT2D eigenvalue weighted by Crippen LogP contribution is -2.38. The summed E-state index contributed by atoms with van der Waals surface area (Å²) in [4.78, 5) is 3.39. The van der Waals surface area contributed by atoms with Crippen molar-refractivity contribution in [3.05, 3.63) is 59.8 Å². The van der Waals surface area contributed by atoms with Crippen LogP contribution in [0.5, 0.6) is 11.5 Å². The predicted octanol–water partition coefficient (Wildman–Crippen LogP) is 3.94. The molecule has 3 N–H and O–H groups in total. The zero-order valence-electron chi connectivity index (χ0n) is 16.1. The Kier molecular flexibility index (Phi) is 5.39. The largest absolute Gasteiger partial charge is 0.493 e. The second kappa shape index (κ2) is 8.10. The maximum absolute atomic E-state index is 5.73. The lowest BCUT2D eigenvalue weighted by molar-refractivity contribution is 0.350. The minimum absolute atomic E-state index is 0.0418. The fourth-order valence-electron chi connectivity index (χ4n) is 3.61. The van der Waals surface area contributed by atoms with Crippen LogP contribution in [0.2, 0.25) is 0 Å². The van der Waals surface area contributed by atoms with Crippen LogP contribution in [0.4, 0.5) is 0 Å². The van der Waals surface area contributed by atoms with E-state index in [1.54, 1.807) is 14.2 Å². The summed E-state index contributed by atoms with van der Waals surface area (Å²) < 4.78 is 11.3. The van der Waals surface area contributed by atoms with Gasteiger partial charge in [-0.05, 0) is 42.8 Å². The molecule has 1 aromatic heterocycles. The van der Waals surface area contributed by atoms with Crippen LogP contribution in [-0.4, -0.2) is 36.9 Å². The van der Waals surface area contributed by atoms with Crippen LogP contribution < -0.4 is 20.1 Å². The highest BCUT2D eigenvalue weighted by Crippen LogP contribution is 2.40.